The van der Waals surface area contributed by atoms with E-state index in [2.05, 4.69) is 33.4 Å². The fraction of sp³-hybridized carbons (Fsp3) is 0.429. The van der Waals surface area contributed by atoms with Gasteiger partial charge >= 0.3 is 0 Å². The Labute approximate surface area is 126 Å². The molecule has 2 rings (SSSR count). The first-order valence-corrected chi connectivity index (χ1v) is 7.61. The predicted octanol–water partition coefficient (Wildman–Crippen LogP) is 2.63. The monoisotopic (exact) mass is 372 g/mol. The number of carbonyl (C=O) groups is 2. The van der Waals surface area contributed by atoms with Gasteiger partial charge in [-0.25, -0.2) is 0 Å². The normalized spacial score (nSPS) is 15.8. The van der Waals surface area contributed by atoms with Gasteiger partial charge in [-0.05, 0) is 47.6 Å². The molecule has 0 aliphatic heterocycles. The van der Waals surface area contributed by atoms with E-state index in [-0.39, 0.29) is 17.7 Å². The van der Waals surface area contributed by atoms with Crippen molar-refractivity contribution in [1.82, 2.24) is 10.9 Å². The van der Waals surface area contributed by atoms with Crippen LogP contribution in [0.2, 0.25) is 0 Å². The highest BCUT2D eigenvalue weighted by atomic mass is 127. The minimum Gasteiger partial charge on any atom is -0.273 e. The third-order valence-corrected chi connectivity index (χ3v) is 4.33. The van der Waals surface area contributed by atoms with E-state index >= 15 is 0 Å². The van der Waals surface area contributed by atoms with Crippen LogP contribution in [0.3, 0.4) is 0 Å². The summed E-state index contributed by atoms with van der Waals surface area (Å²) in [5.41, 5.74) is 5.61. The third kappa shape index (κ3) is 3.92. The van der Waals surface area contributed by atoms with Gasteiger partial charge in [-0.15, -0.1) is 0 Å². The van der Waals surface area contributed by atoms with Gasteiger partial charge in [-0.2, -0.15) is 0 Å². The SMILES string of the molecule is O=C(NNC(=O)C1CCCCC1)c1ccccc1I. The molecule has 0 heterocycles. The van der Waals surface area contributed by atoms with E-state index in [0.717, 1.165) is 29.3 Å². The van der Waals surface area contributed by atoms with Crippen LogP contribution in [0.1, 0.15) is 42.5 Å². The van der Waals surface area contributed by atoms with E-state index in [1.54, 1.807) is 12.1 Å². The number of benzene rings is 1. The zero-order chi connectivity index (χ0) is 13.7. The molecule has 1 fully saturated rings. The molecule has 0 radical (unpaired) electrons. The number of hydrazine groups is 1. The van der Waals surface area contributed by atoms with Crippen molar-refractivity contribution in [2.75, 3.05) is 0 Å². The number of carbonyl (C=O) groups excluding carboxylic acids is 2. The molecule has 1 aliphatic carbocycles. The van der Waals surface area contributed by atoms with Crippen molar-refractivity contribution < 1.29 is 9.59 Å². The average molecular weight is 372 g/mol. The van der Waals surface area contributed by atoms with Gasteiger partial charge in [-0.3, -0.25) is 20.4 Å². The van der Waals surface area contributed by atoms with Crippen LogP contribution in [0, 0.1) is 9.49 Å². The second-order valence-corrected chi connectivity index (χ2v) is 5.92. The number of hydrogen-bond acceptors (Lipinski definition) is 2. The lowest BCUT2D eigenvalue weighted by molar-refractivity contribution is -0.126. The lowest BCUT2D eigenvalue weighted by Crippen LogP contribution is -2.45. The van der Waals surface area contributed by atoms with Gasteiger partial charge < -0.3 is 0 Å². The second-order valence-electron chi connectivity index (χ2n) is 4.76. The Balaban J connectivity index is 1.86. The molecule has 0 atom stereocenters. The van der Waals surface area contributed by atoms with Crippen molar-refractivity contribution in [3.8, 4) is 0 Å². The summed E-state index contributed by atoms with van der Waals surface area (Å²) in [5.74, 6) is -0.294. The summed E-state index contributed by atoms with van der Waals surface area (Å²) in [4.78, 5) is 23.8. The summed E-state index contributed by atoms with van der Waals surface area (Å²) in [6, 6.07) is 7.28. The van der Waals surface area contributed by atoms with Crippen LogP contribution in [-0.2, 0) is 4.79 Å². The number of nitrogens with one attached hydrogen (secondary N) is 2. The molecule has 2 amide bonds. The molecule has 0 aromatic heterocycles. The van der Waals surface area contributed by atoms with E-state index in [9.17, 15) is 9.59 Å². The summed E-state index contributed by atoms with van der Waals surface area (Å²) in [7, 11) is 0. The van der Waals surface area contributed by atoms with Gasteiger partial charge in [0.15, 0.2) is 0 Å². The lowest BCUT2D eigenvalue weighted by atomic mass is 9.89. The maximum Gasteiger partial charge on any atom is 0.270 e. The van der Waals surface area contributed by atoms with Gasteiger partial charge in [0.1, 0.15) is 0 Å². The van der Waals surface area contributed by atoms with Crippen molar-refractivity contribution in [2.24, 2.45) is 5.92 Å². The molecule has 1 saturated carbocycles. The summed E-state index contributed by atoms with van der Waals surface area (Å²) < 4.78 is 0.865. The van der Waals surface area contributed by atoms with Crippen LogP contribution >= 0.6 is 22.6 Å². The fourth-order valence-electron chi connectivity index (χ4n) is 2.30. The molecule has 1 aliphatic rings. The van der Waals surface area contributed by atoms with Crippen molar-refractivity contribution in [1.29, 1.82) is 0 Å². The largest absolute Gasteiger partial charge is 0.273 e. The molecule has 102 valence electrons. The summed E-state index contributed by atoms with van der Waals surface area (Å²) >= 11 is 2.10. The molecule has 0 bridgehead atoms. The first-order valence-electron chi connectivity index (χ1n) is 6.53. The Bertz CT molecular complexity index is 470. The van der Waals surface area contributed by atoms with E-state index in [1.807, 2.05) is 12.1 Å². The number of amides is 2. The van der Waals surface area contributed by atoms with Gasteiger partial charge in [0.2, 0.25) is 5.91 Å². The van der Waals surface area contributed by atoms with Crippen LogP contribution in [0.5, 0.6) is 0 Å². The number of hydrogen-bond donors (Lipinski definition) is 2. The highest BCUT2D eigenvalue weighted by Crippen LogP contribution is 2.23. The van der Waals surface area contributed by atoms with Crippen LogP contribution in [-0.4, -0.2) is 11.8 Å². The Morgan fingerprint density at radius 2 is 1.74 bits per heavy atom. The zero-order valence-corrected chi connectivity index (χ0v) is 12.8. The summed E-state index contributed by atoms with van der Waals surface area (Å²) in [6.07, 6.45) is 5.25. The first kappa shape index (κ1) is 14.3. The van der Waals surface area contributed by atoms with E-state index in [4.69, 9.17) is 0 Å². The van der Waals surface area contributed by atoms with Gasteiger partial charge in [-0.1, -0.05) is 31.4 Å². The van der Waals surface area contributed by atoms with Crippen LogP contribution < -0.4 is 10.9 Å². The third-order valence-electron chi connectivity index (χ3n) is 3.39. The van der Waals surface area contributed by atoms with Crippen molar-refractivity contribution in [3.05, 3.63) is 33.4 Å². The topological polar surface area (TPSA) is 58.2 Å². The Morgan fingerprint density at radius 3 is 2.42 bits per heavy atom. The molecule has 5 heteroatoms. The molecule has 0 saturated heterocycles. The summed E-state index contributed by atoms with van der Waals surface area (Å²) in [5, 5.41) is 0. The van der Waals surface area contributed by atoms with Crippen LogP contribution in [0.4, 0.5) is 0 Å². The van der Waals surface area contributed by atoms with Crippen molar-refractivity contribution >= 4 is 34.4 Å². The van der Waals surface area contributed by atoms with Crippen LogP contribution in [0.25, 0.3) is 0 Å². The zero-order valence-electron chi connectivity index (χ0n) is 10.6. The molecule has 1 aromatic carbocycles. The standard InChI is InChI=1S/C14H17IN2O2/c15-12-9-5-4-8-11(12)14(19)17-16-13(18)10-6-2-1-3-7-10/h4-5,8-10H,1-3,6-7H2,(H,16,18)(H,17,19). The molecule has 0 unspecified atom stereocenters. The lowest BCUT2D eigenvalue weighted by Gasteiger charge is -2.20. The number of halogens is 1. The van der Waals surface area contributed by atoms with Gasteiger partial charge in [0.25, 0.3) is 5.91 Å². The molecule has 4 nitrogen and oxygen atoms in total. The fourth-order valence-corrected chi connectivity index (χ4v) is 2.93. The molecular weight excluding hydrogens is 355 g/mol. The maximum absolute atomic E-state index is 11.9. The van der Waals surface area contributed by atoms with Crippen LogP contribution in [0.15, 0.2) is 24.3 Å². The molecular formula is C14H17IN2O2. The van der Waals surface area contributed by atoms with Gasteiger partial charge in [0.05, 0.1) is 5.56 Å². The first-order chi connectivity index (χ1) is 9.18. The second kappa shape index (κ2) is 6.88. The predicted molar refractivity (Wildman–Crippen MR) is 81.3 cm³/mol. The van der Waals surface area contributed by atoms with Crippen molar-refractivity contribution in [2.45, 2.75) is 32.1 Å². The highest BCUT2D eigenvalue weighted by Gasteiger charge is 2.21. The quantitative estimate of drug-likeness (QED) is 0.620. The van der Waals surface area contributed by atoms with E-state index < -0.39 is 0 Å². The average Bonchev–Trinajstić information content (AvgIpc) is 2.46. The van der Waals surface area contributed by atoms with Gasteiger partial charge in [0, 0.05) is 9.49 Å². The maximum atomic E-state index is 11.9. The highest BCUT2D eigenvalue weighted by molar-refractivity contribution is 14.1. The van der Waals surface area contributed by atoms with E-state index in [0.29, 0.717) is 5.56 Å². The molecule has 0 spiro atoms. The Kier molecular flexibility index (Phi) is 5.18. The smallest absolute Gasteiger partial charge is 0.270 e. The van der Waals surface area contributed by atoms with E-state index in [1.165, 1.54) is 6.42 Å². The summed E-state index contributed by atoms with van der Waals surface area (Å²) in [6.45, 7) is 0. The Hall–Kier alpha value is -1.11. The minimum absolute atomic E-state index is 0.0453. The molecule has 1 aromatic rings. The molecule has 19 heavy (non-hydrogen) atoms. The number of rotatable bonds is 2. The Morgan fingerprint density at radius 1 is 1.05 bits per heavy atom. The van der Waals surface area contributed by atoms with Crippen molar-refractivity contribution in [3.63, 3.8) is 0 Å². The minimum atomic E-state index is -0.269. The molecule has 2 N–H and O–H groups in total.